The summed E-state index contributed by atoms with van der Waals surface area (Å²) in [6.45, 7) is 20.5. The van der Waals surface area contributed by atoms with Gasteiger partial charge in [-0.15, -0.1) is 0 Å². The number of hydrogen-bond donors (Lipinski definition) is 2. The molecule has 0 amide bonds. The topological polar surface area (TPSA) is 46.9 Å². The number of aryl methyl sites for hydroxylation is 4. The van der Waals surface area contributed by atoms with E-state index in [1.54, 1.807) is 0 Å². The molecular formula is C41H54N2O2. The number of hydrogen-bond acceptors (Lipinski definition) is 4. The summed E-state index contributed by atoms with van der Waals surface area (Å²) >= 11 is 0. The molecule has 0 spiro atoms. The van der Waals surface area contributed by atoms with Gasteiger partial charge in [0.15, 0.2) is 0 Å². The average molecular weight is 607 g/mol. The highest BCUT2D eigenvalue weighted by Gasteiger charge is 2.22. The second-order valence-corrected chi connectivity index (χ2v) is 13.9. The molecule has 0 fully saturated rings. The van der Waals surface area contributed by atoms with Gasteiger partial charge in [-0.3, -0.25) is 4.90 Å². The van der Waals surface area contributed by atoms with Crippen LogP contribution in [0.3, 0.4) is 0 Å². The van der Waals surface area contributed by atoms with Gasteiger partial charge in [0.05, 0.1) is 0 Å². The van der Waals surface area contributed by atoms with Gasteiger partial charge in [0.2, 0.25) is 0 Å². The summed E-state index contributed by atoms with van der Waals surface area (Å²) < 4.78 is 0. The molecule has 0 aliphatic carbocycles. The zero-order valence-electron chi connectivity index (χ0n) is 29.3. The van der Waals surface area contributed by atoms with Gasteiger partial charge >= 0.3 is 0 Å². The smallest absolute Gasteiger partial charge is 0.127 e. The average Bonchev–Trinajstić information content (AvgIpc) is 2.97. The fourth-order valence-corrected chi connectivity index (χ4v) is 6.63. The van der Waals surface area contributed by atoms with E-state index in [1.165, 1.54) is 27.8 Å². The molecule has 0 aliphatic rings. The summed E-state index contributed by atoms with van der Waals surface area (Å²) in [4.78, 5) is 4.61. The van der Waals surface area contributed by atoms with Crippen molar-refractivity contribution in [3.63, 3.8) is 0 Å². The lowest BCUT2D eigenvalue weighted by Crippen LogP contribution is -2.33. The van der Waals surface area contributed by atoms with E-state index >= 15 is 0 Å². The van der Waals surface area contributed by atoms with Crippen LogP contribution < -0.4 is 0 Å². The quantitative estimate of drug-likeness (QED) is 0.169. The normalized spacial score (nSPS) is 11.9. The van der Waals surface area contributed by atoms with Crippen molar-refractivity contribution < 1.29 is 10.2 Å². The number of rotatable bonds is 12. The largest absolute Gasteiger partial charge is 0.507 e. The third-order valence-corrected chi connectivity index (χ3v) is 9.01. The van der Waals surface area contributed by atoms with E-state index in [2.05, 4.69) is 140 Å². The summed E-state index contributed by atoms with van der Waals surface area (Å²) in [7, 11) is 4.19. The summed E-state index contributed by atoms with van der Waals surface area (Å²) in [5.41, 5.74) is 13.2. The molecule has 0 heterocycles. The Labute approximate surface area is 272 Å². The van der Waals surface area contributed by atoms with E-state index in [4.69, 9.17) is 0 Å². The first kappa shape index (κ1) is 34.3. The zero-order valence-corrected chi connectivity index (χ0v) is 29.3. The molecule has 4 aromatic carbocycles. The van der Waals surface area contributed by atoms with E-state index in [-0.39, 0.29) is 0 Å². The van der Waals surface area contributed by atoms with Crippen molar-refractivity contribution >= 4 is 0 Å². The molecule has 4 heteroatoms. The predicted octanol–water partition coefficient (Wildman–Crippen LogP) is 9.52. The van der Waals surface area contributed by atoms with Crippen LogP contribution in [0.25, 0.3) is 22.3 Å². The van der Waals surface area contributed by atoms with Crippen LogP contribution in [-0.4, -0.2) is 53.7 Å². The molecule has 4 nitrogen and oxygen atoms in total. The Kier molecular flexibility index (Phi) is 11.2. The van der Waals surface area contributed by atoms with E-state index in [9.17, 15) is 10.2 Å². The lowest BCUT2D eigenvalue weighted by molar-refractivity contribution is 0.233. The Bertz CT molecular complexity index is 1590. The van der Waals surface area contributed by atoms with Crippen LogP contribution in [0.1, 0.15) is 84.0 Å². The highest BCUT2D eigenvalue weighted by molar-refractivity contribution is 5.79. The minimum Gasteiger partial charge on any atom is -0.507 e. The van der Waals surface area contributed by atoms with Crippen LogP contribution in [0.4, 0.5) is 0 Å². The SMILES string of the molecule is Cc1cc(CCN(CCN(C)C)Cc2cc(C)cc(-c3c(C(C)C)cccc3C(C)C)c2O)c(O)c(-c2c(C)cccc2C)c1. The highest BCUT2D eigenvalue weighted by atomic mass is 16.3. The Balaban J connectivity index is 1.71. The van der Waals surface area contributed by atoms with E-state index in [0.29, 0.717) is 36.3 Å². The van der Waals surface area contributed by atoms with Crippen LogP contribution in [0.2, 0.25) is 0 Å². The Morgan fingerprint density at radius 1 is 0.600 bits per heavy atom. The summed E-state index contributed by atoms with van der Waals surface area (Å²) in [5, 5.41) is 23.5. The molecule has 45 heavy (non-hydrogen) atoms. The zero-order chi connectivity index (χ0) is 33.0. The van der Waals surface area contributed by atoms with Gasteiger partial charge in [0.1, 0.15) is 11.5 Å². The first-order valence-corrected chi connectivity index (χ1v) is 16.5. The van der Waals surface area contributed by atoms with Crippen LogP contribution in [0.15, 0.2) is 60.7 Å². The molecule has 0 aliphatic heterocycles. The monoisotopic (exact) mass is 606 g/mol. The third kappa shape index (κ3) is 7.98. The molecule has 0 saturated carbocycles. The highest BCUT2D eigenvalue weighted by Crippen LogP contribution is 2.43. The van der Waals surface area contributed by atoms with Crippen molar-refractivity contribution in [2.24, 2.45) is 0 Å². The minimum atomic E-state index is 0.342. The maximum atomic E-state index is 11.9. The van der Waals surface area contributed by atoms with Crippen molar-refractivity contribution in [2.75, 3.05) is 33.7 Å². The molecule has 0 aromatic heterocycles. The van der Waals surface area contributed by atoms with Crippen molar-refractivity contribution in [3.8, 4) is 33.8 Å². The van der Waals surface area contributed by atoms with Crippen LogP contribution in [0, 0.1) is 27.7 Å². The molecule has 0 radical (unpaired) electrons. The van der Waals surface area contributed by atoms with Gasteiger partial charge < -0.3 is 15.1 Å². The van der Waals surface area contributed by atoms with Gasteiger partial charge in [-0.25, -0.2) is 0 Å². The molecule has 0 unspecified atom stereocenters. The van der Waals surface area contributed by atoms with Gasteiger partial charge in [-0.2, -0.15) is 0 Å². The Morgan fingerprint density at radius 2 is 1.09 bits per heavy atom. The van der Waals surface area contributed by atoms with E-state index in [1.807, 2.05) is 0 Å². The van der Waals surface area contributed by atoms with Gasteiger partial charge in [-0.1, -0.05) is 76.2 Å². The molecule has 240 valence electrons. The summed E-state index contributed by atoms with van der Waals surface area (Å²) in [6, 6.07) is 21.4. The molecule has 0 atom stereocenters. The standard InChI is InChI=1S/C41H54N2O2/c1-26(2)34-15-12-16-35(27(3)4)39(34)37-24-29(6)22-33(41(37)45)25-43(20-19-42(9)10)18-17-32-21-28(5)23-36(40(32)44)38-30(7)13-11-14-31(38)8/h11-16,21-24,26-27,44-45H,17-20,25H2,1-10H3. The molecule has 2 N–H and O–H groups in total. The lowest BCUT2D eigenvalue weighted by atomic mass is 9.83. The molecule has 4 rings (SSSR count). The molecule has 0 bridgehead atoms. The number of benzene rings is 4. The van der Waals surface area contributed by atoms with E-state index in [0.717, 1.165) is 58.6 Å². The van der Waals surface area contributed by atoms with Crippen molar-refractivity contribution in [3.05, 3.63) is 105 Å². The van der Waals surface area contributed by atoms with Crippen LogP contribution >= 0.6 is 0 Å². The molecule has 0 saturated heterocycles. The second kappa shape index (κ2) is 14.7. The number of nitrogens with zero attached hydrogens (tertiary/aromatic N) is 2. The van der Waals surface area contributed by atoms with Gasteiger partial charge in [0.25, 0.3) is 0 Å². The Morgan fingerprint density at radius 3 is 1.62 bits per heavy atom. The fourth-order valence-electron chi connectivity index (χ4n) is 6.63. The van der Waals surface area contributed by atoms with Gasteiger partial charge in [0, 0.05) is 42.9 Å². The second-order valence-electron chi connectivity index (χ2n) is 13.9. The maximum absolute atomic E-state index is 11.9. The molecular weight excluding hydrogens is 552 g/mol. The lowest BCUT2D eigenvalue weighted by Gasteiger charge is -2.27. The number of phenols is 2. The predicted molar refractivity (Wildman–Crippen MR) is 192 cm³/mol. The molecule has 4 aromatic rings. The third-order valence-electron chi connectivity index (χ3n) is 9.01. The van der Waals surface area contributed by atoms with Crippen molar-refractivity contribution in [1.82, 2.24) is 9.80 Å². The van der Waals surface area contributed by atoms with Crippen LogP contribution in [0.5, 0.6) is 11.5 Å². The first-order chi connectivity index (χ1) is 21.3. The van der Waals surface area contributed by atoms with Crippen LogP contribution in [-0.2, 0) is 13.0 Å². The first-order valence-electron chi connectivity index (χ1n) is 16.5. The van der Waals surface area contributed by atoms with Crippen molar-refractivity contribution in [1.29, 1.82) is 0 Å². The summed E-state index contributed by atoms with van der Waals surface area (Å²) in [5.74, 6) is 1.43. The van der Waals surface area contributed by atoms with Gasteiger partial charge in [-0.05, 0) is 122 Å². The minimum absolute atomic E-state index is 0.342. The Hall–Kier alpha value is -3.60. The summed E-state index contributed by atoms with van der Waals surface area (Å²) in [6.07, 6.45) is 0.714. The van der Waals surface area contributed by atoms with E-state index < -0.39 is 0 Å². The maximum Gasteiger partial charge on any atom is 0.127 e. The number of aromatic hydroxyl groups is 2. The fraction of sp³-hybridized carbons (Fsp3) is 0.415. The number of likely N-dealkylation sites (N-methyl/N-ethyl adjacent to an activating group) is 1. The number of phenolic OH excluding ortho intramolecular Hbond substituents is 2. The van der Waals surface area contributed by atoms with Crippen molar-refractivity contribution in [2.45, 2.75) is 80.2 Å².